The molecule has 4 amide bonds. The maximum absolute atomic E-state index is 12.3. The van der Waals surface area contributed by atoms with E-state index in [-0.39, 0.29) is 18.7 Å². The Balaban J connectivity index is 2.87. The van der Waals surface area contributed by atoms with Gasteiger partial charge >= 0.3 is 0 Å². The van der Waals surface area contributed by atoms with E-state index in [1.807, 2.05) is 5.32 Å². The topological polar surface area (TPSA) is 83.6 Å². The number of imide groups is 2. The van der Waals surface area contributed by atoms with E-state index in [1.165, 1.54) is 12.2 Å². The number of nitrogens with zero attached hydrogens (tertiary/aromatic N) is 1. The second-order valence-electron chi connectivity index (χ2n) is 4.57. The molecule has 21 heavy (non-hydrogen) atoms. The van der Waals surface area contributed by atoms with Crippen LogP contribution >= 0.6 is 0 Å². The molecular weight excluding hydrogens is 272 g/mol. The molecule has 1 rings (SSSR count). The van der Waals surface area contributed by atoms with Gasteiger partial charge in [-0.05, 0) is 26.3 Å². The largest absolute Gasteiger partial charge is 0.299 e. The Kier molecular flexibility index (Phi) is 5.78. The molecule has 0 radical (unpaired) electrons. The van der Waals surface area contributed by atoms with Crippen molar-refractivity contribution in [3.8, 4) is 0 Å². The molecule has 1 aliphatic rings. The minimum atomic E-state index is -0.441. The summed E-state index contributed by atoms with van der Waals surface area (Å²) in [7, 11) is 0. The Hall–Kier alpha value is -2.50. The lowest BCUT2D eigenvalue weighted by Gasteiger charge is -2.21. The number of allylic oxidation sites excluding steroid dienone is 3. The molecule has 1 saturated heterocycles. The molecule has 0 bridgehead atoms. The van der Waals surface area contributed by atoms with Crippen molar-refractivity contribution < 1.29 is 19.2 Å². The third kappa shape index (κ3) is 3.53. The summed E-state index contributed by atoms with van der Waals surface area (Å²) in [5, 5.41) is 2.02. The molecule has 0 aromatic heterocycles. The van der Waals surface area contributed by atoms with Crippen molar-refractivity contribution in [3.63, 3.8) is 0 Å². The number of nitrogens with one attached hydrogen (secondary N) is 1. The Morgan fingerprint density at radius 3 is 2.48 bits per heavy atom. The van der Waals surface area contributed by atoms with Gasteiger partial charge in [0, 0.05) is 18.0 Å². The highest BCUT2D eigenvalue weighted by atomic mass is 16.2. The molecule has 0 aromatic rings. The van der Waals surface area contributed by atoms with Crippen LogP contribution in [-0.4, -0.2) is 35.1 Å². The zero-order valence-electron chi connectivity index (χ0n) is 12.1. The number of likely N-dealkylation sites (tertiary alicyclic amines) is 1. The second-order valence-corrected chi connectivity index (χ2v) is 4.57. The zero-order valence-corrected chi connectivity index (χ0v) is 12.1. The van der Waals surface area contributed by atoms with Crippen molar-refractivity contribution in [2.45, 2.75) is 32.7 Å². The van der Waals surface area contributed by atoms with Crippen molar-refractivity contribution in [3.05, 3.63) is 36.0 Å². The molecule has 6 heteroatoms. The van der Waals surface area contributed by atoms with Gasteiger partial charge in [-0.3, -0.25) is 29.4 Å². The van der Waals surface area contributed by atoms with E-state index >= 15 is 0 Å². The minimum Gasteiger partial charge on any atom is -0.299 e. The van der Waals surface area contributed by atoms with Crippen LogP contribution in [0.1, 0.15) is 26.7 Å². The van der Waals surface area contributed by atoms with E-state index in [9.17, 15) is 19.2 Å². The van der Waals surface area contributed by atoms with Gasteiger partial charge < -0.3 is 0 Å². The van der Waals surface area contributed by atoms with Crippen LogP contribution in [0, 0.1) is 0 Å². The number of amides is 4. The summed E-state index contributed by atoms with van der Waals surface area (Å²) in [6.45, 7) is 6.90. The average Bonchev–Trinajstić information content (AvgIpc) is 2.68. The van der Waals surface area contributed by atoms with Gasteiger partial charge in [-0.1, -0.05) is 18.7 Å². The van der Waals surface area contributed by atoms with Gasteiger partial charge in [-0.25, -0.2) is 0 Å². The molecule has 6 nitrogen and oxygen atoms in total. The number of hydrogen-bond donors (Lipinski definition) is 1. The highest BCUT2D eigenvalue weighted by Gasteiger charge is 2.40. The molecule has 1 atom stereocenters. The van der Waals surface area contributed by atoms with Gasteiger partial charge in [0.1, 0.15) is 0 Å². The van der Waals surface area contributed by atoms with Crippen molar-refractivity contribution in [1.82, 2.24) is 10.2 Å². The van der Waals surface area contributed by atoms with E-state index in [4.69, 9.17) is 0 Å². The normalized spacial score (nSPS) is 20.0. The molecule has 0 aromatic carbocycles. The van der Waals surface area contributed by atoms with Gasteiger partial charge in [-0.2, -0.15) is 0 Å². The van der Waals surface area contributed by atoms with Crippen molar-refractivity contribution >= 4 is 24.1 Å². The molecular formula is C15H18N2O4. The Bertz CT molecular complexity index is 546. The Morgan fingerprint density at radius 2 is 1.95 bits per heavy atom. The summed E-state index contributed by atoms with van der Waals surface area (Å²) in [6, 6.07) is -0.437. The molecule has 0 aliphatic carbocycles. The van der Waals surface area contributed by atoms with E-state index in [0.717, 1.165) is 4.90 Å². The first kappa shape index (κ1) is 16.6. The standard InChI is InChI=1S/C15H18N2O4/c1-4-6-12-11(5-2)14(20)17(15(12)21)10(3)7-8-13(19)16-9-18/h4-6,9-10H,1,7-8H2,2-3H3,(H,16,18,19)/b11-5+,12-6+. The first-order valence-corrected chi connectivity index (χ1v) is 6.58. The maximum Gasteiger partial charge on any atom is 0.261 e. The lowest BCUT2D eigenvalue weighted by molar-refractivity contribution is -0.139. The minimum absolute atomic E-state index is 0.0582. The quantitative estimate of drug-likeness (QED) is 0.446. The Labute approximate surface area is 123 Å². The predicted octanol–water partition coefficient (Wildman–Crippen LogP) is 0.855. The summed E-state index contributed by atoms with van der Waals surface area (Å²) >= 11 is 0. The fourth-order valence-electron chi connectivity index (χ4n) is 2.15. The molecule has 0 spiro atoms. The first-order chi connectivity index (χ1) is 9.97. The lowest BCUT2D eigenvalue weighted by Crippen LogP contribution is -2.38. The highest BCUT2D eigenvalue weighted by Crippen LogP contribution is 2.28. The van der Waals surface area contributed by atoms with Crippen LogP contribution < -0.4 is 5.32 Å². The number of rotatable bonds is 6. The van der Waals surface area contributed by atoms with Crippen LogP contribution in [0.5, 0.6) is 0 Å². The third-order valence-corrected chi connectivity index (χ3v) is 3.21. The van der Waals surface area contributed by atoms with Crippen LogP contribution in [0.4, 0.5) is 0 Å². The second kappa shape index (κ2) is 7.33. The third-order valence-electron chi connectivity index (χ3n) is 3.21. The van der Waals surface area contributed by atoms with Gasteiger partial charge in [0.2, 0.25) is 12.3 Å². The average molecular weight is 290 g/mol. The van der Waals surface area contributed by atoms with Gasteiger partial charge in [0.15, 0.2) is 0 Å². The van der Waals surface area contributed by atoms with Crippen LogP contribution in [0.25, 0.3) is 0 Å². The van der Waals surface area contributed by atoms with Gasteiger partial charge in [0.25, 0.3) is 11.8 Å². The molecule has 112 valence electrons. The number of carbonyl (C=O) groups is 4. The summed E-state index contributed by atoms with van der Waals surface area (Å²) < 4.78 is 0. The van der Waals surface area contributed by atoms with Crippen LogP contribution in [0.15, 0.2) is 36.0 Å². The van der Waals surface area contributed by atoms with Crippen molar-refractivity contribution in [2.24, 2.45) is 0 Å². The monoisotopic (exact) mass is 290 g/mol. The maximum atomic E-state index is 12.3. The Morgan fingerprint density at radius 1 is 1.33 bits per heavy atom. The summed E-state index contributed by atoms with van der Waals surface area (Å²) in [5.41, 5.74) is 0.644. The first-order valence-electron chi connectivity index (χ1n) is 6.58. The zero-order chi connectivity index (χ0) is 16.0. The smallest absolute Gasteiger partial charge is 0.261 e. The van der Waals surface area contributed by atoms with E-state index in [2.05, 4.69) is 6.58 Å². The van der Waals surface area contributed by atoms with E-state index < -0.39 is 17.9 Å². The summed E-state index contributed by atoms with van der Waals surface area (Å²) in [4.78, 5) is 47.1. The van der Waals surface area contributed by atoms with Crippen LogP contribution in [-0.2, 0) is 19.2 Å². The van der Waals surface area contributed by atoms with Crippen LogP contribution in [0.3, 0.4) is 0 Å². The SMILES string of the molecule is C=C/C=C1/C(=O)N(C(C)CCC(=O)NC=O)C(=O)/C1=C/C. The van der Waals surface area contributed by atoms with E-state index in [1.54, 1.807) is 19.9 Å². The summed E-state index contributed by atoms with van der Waals surface area (Å²) in [6.07, 6.45) is 5.19. The fourth-order valence-corrected chi connectivity index (χ4v) is 2.15. The molecule has 1 heterocycles. The molecule has 1 fully saturated rings. The number of carbonyl (C=O) groups excluding carboxylic acids is 4. The summed E-state index contributed by atoms with van der Waals surface area (Å²) in [5.74, 6) is -1.21. The molecule has 1 aliphatic heterocycles. The highest BCUT2D eigenvalue weighted by molar-refractivity contribution is 6.24. The van der Waals surface area contributed by atoms with Crippen LogP contribution in [0.2, 0.25) is 0 Å². The van der Waals surface area contributed by atoms with E-state index in [0.29, 0.717) is 17.6 Å². The van der Waals surface area contributed by atoms with Gasteiger partial charge in [-0.15, -0.1) is 0 Å². The predicted molar refractivity (Wildman–Crippen MR) is 76.8 cm³/mol. The molecule has 1 unspecified atom stereocenters. The fraction of sp³-hybridized carbons (Fsp3) is 0.333. The number of hydrogen-bond acceptors (Lipinski definition) is 4. The van der Waals surface area contributed by atoms with Crippen molar-refractivity contribution in [2.75, 3.05) is 0 Å². The molecule has 0 saturated carbocycles. The van der Waals surface area contributed by atoms with Gasteiger partial charge in [0.05, 0.1) is 5.57 Å². The lowest BCUT2D eigenvalue weighted by atomic mass is 10.1. The van der Waals surface area contributed by atoms with Crippen molar-refractivity contribution in [1.29, 1.82) is 0 Å². The molecule has 1 N–H and O–H groups in total.